The van der Waals surface area contributed by atoms with Crippen LogP contribution in [0, 0.1) is 25.2 Å². The summed E-state index contributed by atoms with van der Waals surface area (Å²) in [5.41, 5.74) is 5.31. The molecule has 8 nitrogen and oxygen atoms in total. The molecule has 35 heavy (non-hydrogen) atoms. The van der Waals surface area contributed by atoms with E-state index in [1.54, 1.807) is 24.0 Å². The molecule has 0 aliphatic heterocycles. The Morgan fingerprint density at radius 3 is 2.74 bits per heavy atom. The molecule has 3 aromatic heterocycles. The molecule has 0 radical (unpaired) electrons. The third-order valence-corrected chi connectivity index (χ3v) is 6.05. The van der Waals surface area contributed by atoms with Crippen molar-refractivity contribution >= 4 is 28.3 Å². The molecule has 174 valence electrons. The molecule has 0 amide bonds. The van der Waals surface area contributed by atoms with Crippen molar-refractivity contribution in [2.24, 2.45) is 0 Å². The van der Waals surface area contributed by atoms with Crippen LogP contribution >= 0.6 is 11.6 Å². The van der Waals surface area contributed by atoms with Gasteiger partial charge in [-0.15, -0.1) is 0 Å². The van der Waals surface area contributed by atoms with Crippen LogP contribution in [0.3, 0.4) is 0 Å². The van der Waals surface area contributed by atoms with E-state index < -0.39 is 0 Å². The van der Waals surface area contributed by atoms with Gasteiger partial charge in [0, 0.05) is 28.7 Å². The standard InChI is InChI=1S/C26H22ClN7O/c1-15(11-28)34-14-20(13-30-34)25-31-23-8-7-19(24-16(2)33-35-17(24)3)10-22(23)26(32-25)29-12-18-5-4-6-21(27)9-18/h4-10,13-15H,12H2,1-3H3,(H,29,31,32). The van der Waals surface area contributed by atoms with Crippen molar-refractivity contribution < 1.29 is 4.52 Å². The van der Waals surface area contributed by atoms with Gasteiger partial charge in [0.1, 0.15) is 17.6 Å². The lowest BCUT2D eigenvalue weighted by Crippen LogP contribution is -2.04. The maximum Gasteiger partial charge on any atom is 0.165 e. The van der Waals surface area contributed by atoms with Gasteiger partial charge in [-0.2, -0.15) is 10.4 Å². The molecule has 1 atom stereocenters. The number of hydrogen-bond acceptors (Lipinski definition) is 7. The van der Waals surface area contributed by atoms with Crippen molar-refractivity contribution in [3.8, 4) is 28.6 Å². The summed E-state index contributed by atoms with van der Waals surface area (Å²) in [6.07, 6.45) is 3.46. The van der Waals surface area contributed by atoms with E-state index in [1.165, 1.54) is 0 Å². The molecule has 1 N–H and O–H groups in total. The summed E-state index contributed by atoms with van der Waals surface area (Å²) >= 11 is 6.17. The van der Waals surface area contributed by atoms with Gasteiger partial charge in [-0.25, -0.2) is 9.97 Å². The second-order valence-corrected chi connectivity index (χ2v) is 8.76. The predicted molar refractivity (Wildman–Crippen MR) is 135 cm³/mol. The molecule has 0 aliphatic rings. The van der Waals surface area contributed by atoms with E-state index in [-0.39, 0.29) is 6.04 Å². The van der Waals surface area contributed by atoms with Crippen molar-refractivity contribution in [2.45, 2.75) is 33.4 Å². The van der Waals surface area contributed by atoms with Crippen LogP contribution in [0.5, 0.6) is 0 Å². The van der Waals surface area contributed by atoms with Crippen LogP contribution in [-0.2, 0) is 6.54 Å². The summed E-state index contributed by atoms with van der Waals surface area (Å²) in [6, 6.07) is 15.5. The highest BCUT2D eigenvalue weighted by Gasteiger charge is 2.16. The summed E-state index contributed by atoms with van der Waals surface area (Å²) in [6.45, 7) is 6.14. The van der Waals surface area contributed by atoms with Crippen LogP contribution < -0.4 is 5.32 Å². The first-order valence-electron chi connectivity index (χ1n) is 11.1. The maximum absolute atomic E-state index is 9.22. The average Bonchev–Trinajstić information content (AvgIpc) is 3.48. The molecule has 2 aromatic carbocycles. The van der Waals surface area contributed by atoms with Crippen LogP contribution in [-0.4, -0.2) is 24.9 Å². The first kappa shape index (κ1) is 22.6. The van der Waals surface area contributed by atoms with Crippen molar-refractivity contribution in [1.29, 1.82) is 5.26 Å². The molecule has 0 saturated heterocycles. The fourth-order valence-electron chi connectivity index (χ4n) is 4.00. The average molecular weight is 484 g/mol. The lowest BCUT2D eigenvalue weighted by molar-refractivity contribution is 0.393. The number of rotatable bonds is 6. The molecular weight excluding hydrogens is 462 g/mol. The largest absolute Gasteiger partial charge is 0.365 e. The Hall–Kier alpha value is -4.22. The number of nitrogens with zero attached hydrogens (tertiary/aromatic N) is 6. The summed E-state index contributed by atoms with van der Waals surface area (Å²) in [5, 5.41) is 22.6. The van der Waals surface area contributed by atoms with E-state index >= 15 is 0 Å². The lowest BCUT2D eigenvalue weighted by atomic mass is 10.0. The molecule has 0 aliphatic carbocycles. The van der Waals surface area contributed by atoms with E-state index in [0.717, 1.165) is 44.6 Å². The normalized spacial score (nSPS) is 12.0. The first-order chi connectivity index (χ1) is 16.9. The second-order valence-electron chi connectivity index (χ2n) is 8.32. The third kappa shape index (κ3) is 4.46. The molecule has 0 saturated carbocycles. The van der Waals surface area contributed by atoms with Crippen LogP contribution in [0.25, 0.3) is 33.4 Å². The molecule has 1 unspecified atom stereocenters. The number of fused-ring (bicyclic) bond motifs is 1. The number of hydrogen-bond donors (Lipinski definition) is 1. The Labute approximate surface area is 207 Å². The fourth-order valence-corrected chi connectivity index (χ4v) is 4.21. The van der Waals surface area contributed by atoms with Crippen LogP contribution in [0.15, 0.2) is 59.4 Å². The van der Waals surface area contributed by atoms with Gasteiger partial charge < -0.3 is 9.84 Å². The number of halogens is 1. The number of anilines is 1. The molecule has 9 heteroatoms. The van der Waals surface area contributed by atoms with Crippen LogP contribution in [0.4, 0.5) is 5.82 Å². The smallest absolute Gasteiger partial charge is 0.165 e. The van der Waals surface area contributed by atoms with E-state index in [9.17, 15) is 5.26 Å². The Bertz CT molecular complexity index is 1560. The second kappa shape index (κ2) is 9.20. The Balaban J connectivity index is 1.61. The minimum Gasteiger partial charge on any atom is -0.365 e. The van der Waals surface area contributed by atoms with E-state index in [4.69, 9.17) is 26.1 Å². The van der Waals surface area contributed by atoms with Gasteiger partial charge in [0.2, 0.25) is 0 Å². The molecule has 0 spiro atoms. The van der Waals surface area contributed by atoms with Crippen molar-refractivity contribution in [3.05, 3.63) is 76.9 Å². The van der Waals surface area contributed by atoms with Gasteiger partial charge in [-0.1, -0.05) is 35.0 Å². The Kier molecular flexibility index (Phi) is 5.93. The highest BCUT2D eigenvalue weighted by Crippen LogP contribution is 2.33. The van der Waals surface area contributed by atoms with E-state index in [1.807, 2.05) is 56.3 Å². The number of nitriles is 1. The Morgan fingerprint density at radius 2 is 2.00 bits per heavy atom. The molecule has 0 fully saturated rings. The molecule has 3 heterocycles. The zero-order valence-corrected chi connectivity index (χ0v) is 20.2. The molecule has 5 aromatic rings. The highest BCUT2D eigenvalue weighted by atomic mass is 35.5. The number of benzene rings is 2. The van der Waals surface area contributed by atoms with E-state index in [0.29, 0.717) is 23.2 Å². The summed E-state index contributed by atoms with van der Waals surface area (Å²) in [5.74, 6) is 1.96. The fraction of sp³-hybridized carbons (Fsp3) is 0.192. The van der Waals surface area contributed by atoms with Gasteiger partial charge in [0.05, 0.1) is 29.0 Å². The quantitative estimate of drug-likeness (QED) is 0.310. The van der Waals surface area contributed by atoms with Crippen molar-refractivity contribution in [1.82, 2.24) is 24.9 Å². The summed E-state index contributed by atoms with van der Waals surface area (Å²) in [7, 11) is 0. The molecule has 0 bridgehead atoms. The zero-order chi connectivity index (χ0) is 24.5. The zero-order valence-electron chi connectivity index (χ0n) is 19.5. The number of aryl methyl sites for hydroxylation is 2. The van der Waals surface area contributed by atoms with Gasteiger partial charge in [-0.3, -0.25) is 4.68 Å². The minimum absolute atomic E-state index is 0.387. The number of nitrogens with one attached hydrogen (secondary N) is 1. The maximum atomic E-state index is 9.22. The van der Waals surface area contributed by atoms with Gasteiger partial charge in [0.25, 0.3) is 0 Å². The minimum atomic E-state index is -0.387. The van der Waals surface area contributed by atoms with Crippen LogP contribution in [0.1, 0.15) is 30.0 Å². The number of aromatic nitrogens is 5. The van der Waals surface area contributed by atoms with Crippen molar-refractivity contribution in [2.75, 3.05) is 5.32 Å². The van der Waals surface area contributed by atoms with E-state index in [2.05, 4.69) is 21.6 Å². The summed E-state index contributed by atoms with van der Waals surface area (Å²) < 4.78 is 6.97. The monoisotopic (exact) mass is 483 g/mol. The van der Waals surface area contributed by atoms with Gasteiger partial charge in [0.15, 0.2) is 5.82 Å². The first-order valence-corrected chi connectivity index (χ1v) is 11.5. The summed E-state index contributed by atoms with van der Waals surface area (Å²) in [4.78, 5) is 9.64. The third-order valence-electron chi connectivity index (χ3n) is 5.81. The topological polar surface area (TPSA) is 105 Å². The van der Waals surface area contributed by atoms with Gasteiger partial charge in [-0.05, 0) is 56.2 Å². The SMILES string of the molecule is Cc1noc(C)c1-c1ccc2nc(-c3cnn(C(C)C#N)c3)nc(NCc3cccc(Cl)c3)c2c1. The molecular formula is C26H22ClN7O. The molecule has 5 rings (SSSR count). The van der Waals surface area contributed by atoms with Crippen LogP contribution in [0.2, 0.25) is 5.02 Å². The highest BCUT2D eigenvalue weighted by molar-refractivity contribution is 6.30. The van der Waals surface area contributed by atoms with Crippen molar-refractivity contribution in [3.63, 3.8) is 0 Å². The predicted octanol–water partition coefficient (Wildman–Crippen LogP) is 6.12. The van der Waals surface area contributed by atoms with Gasteiger partial charge >= 0.3 is 0 Å². The lowest BCUT2D eigenvalue weighted by Gasteiger charge is -2.12. The Morgan fingerprint density at radius 1 is 1.14 bits per heavy atom.